The minimum atomic E-state index is 0. The maximum Gasteiger partial charge on any atom is 0.157 e. The molecular weight excluding hydrogens is 346 g/mol. The maximum atomic E-state index is 8.22. The summed E-state index contributed by atoms with van der Waals surface area (Å²) in [7, 11) is 0. The number of aryl methyl sites for hydroxylation is 2. The molecule has 0 fully saturated rings. The molecular formula is C16H16BrN3S. The van der Waals surface area contributed by atoms with Crippen molar-refractivity contribution in [3.8, 4) is 0 Å². The van der Waals surface area contributed by atoms with Crippen molar-refractivity contribution in [3.05, 3.63) is 57.1 Å². The topological polar surface area (TPSA) is 41.7 Å². The number of fused-ring (bicyclic) bond motifs is 4. The molecule has 0 radical (unpaired) electrons. The molecule has 4 rings (SSSR count). The van der Waals surface area contributed by atoms with Crippen molar-refractivity contribution in [2.45, 2.75) is 26.8 Å². The van der Waals surface area contributed by atoms with Gasteiger partial charge in [0.2, 0.25) is 0 Å². The molecule has 0 atom stereocenters. The number of rotatable bonds is 0. The first-order valence-electron chi connectivity index (χ1n) is 6.76. The normalized spacial score (nSPS) is 12.7. The highest BCUT2D eigenvalue weighted by molar-refractivity contribution is 8.93. The lowest BCUT2D eigenvalue weighted by Crippen LogP contribution is -2.23. The van der Waals surface area contributed by atoms with Gasteiger partial charge in [0.25, 0.3) is 0 Å². The Morgan fingerprint density at radius 1 is 1.19 bits per heavy atom. The quantitative estimate of drug-likeness (QED) is 0.509. The summed E-state index contributed by atoms with van der Waals surface area (Å²) in [6.45, 7) is 5.09. The Labute approximate surface area is 137 Å². The van der Waals surface area contributed by atoms with Crippen LogP contribution in [0.3, 0.4) is 0 Å². The predicted octanol–water partition coefficient (Wildman–Crippen LogP) is 3.72. The first-order valence-corrected chi connectivity index (χ1v) is 7.57. The Bertz CT molecular complexity index is 908. The molecule has 0 amide bonds. The van der Waals surface area contributed by atoms with Crippen molar-refractivity contribution in [2.24, 2.45) is 0 Å². The van der Waals surface area contributed by atoms with E-state index in [0.29, 0.717) is 5.49 Å². The van der Waals surface area contributed by atoms with Crippen LogP contribution in [-0.4, -0.2) is 9.55 Å². The van der Waals surface area contributed by atoms with Gasteiger partial charge in [-0.05, 0) is 30.5 Å². The zero-order valence-corrected chi connectivity index (χ0v) is 14.5. The van der Waals surface area contributed by atoms with Gasteiger partial charge in [-0.2, -0.15) is 0 Å². The van der Waals surface area contributed by atoms with E-state index >= 15 is 0 Å². The fraction of sp³-hybridized carbons (Fsp3) is 0.250. The average molecular weight is 362 g/mol. The van der Waals surface area contributed by atoms with Crippen LogP contribution in [0.4, 0.5) is 0 Å². The number of nitrogens with one attached hydrogen (secondary N) is 1. The summed E-state index contributed by atoms with van der Waals surface area (Å²) in [4.78, 5) is 7.04. The number of benzene rings is 1. The van der Waals surface area contributed by atoms with Crippen LogP contribution in [-0.2, 0) is 13.0 Å². The van der Waals surface area contributed by atoms with Gasteiger partial charge in [0, 0.05) is 11.3 Å². The van der Waals surface area contributed by atoms with Crippen LogP contribution in [0.2, 0.25) is 0 Å². The van der Waals surface area contributed by atoms with Crippen LogP contribution in [0.15, 0.2) is 24.3 Å². The van der Waals surface area contributed by atoms with Crippen molar-refractivity contribution < 1.29 is 0 Å². The van der Waals surface area contributed by atoms with Crippen molar-refractivity contribution in [1.29, 1.82) is 5.41 Å². The molecule has 3 heterocycles. The molecule has 0 spiro atoms. The van der Waals surface area contributed by atoms with Gasteiger partial charge < -0.3 is 4.57 Å². The third-order valence-corrected chi connectivity index (χ3v) is 5.43. The smallest absolute Gasteiger partial charge is 0.157 e. The van der Waals surface area contributed by atoms with Crippen LogP contribution in [0, 0.1) is 19.3 Å². The van der Waals surface area contributed by atoms with Crippen molar-refractivity contribution in [2.75, 3.05) is 0 Å². The van der Waals surface area contributed by atoms with E-state index in [0.717, 1.165) is 24.2 Å². The molecule has 0 aliphatic carbocycles. The maximum absolute atomic E-state index is 8.22. The Morgan fingerprint density at radius 2 is 1.90 bits per heavy atom. The number of thiophene rings is 1. The molecule has 0 unspecified atom stereocenters. The zero-order valence-electron chi connectivity index (χ0n) is 11.9. The van der Waals surface area contributed by atoms with E-state index in [1.165, 1.54) is 26.4 Å². The highest BCUT2D eigenvalue weighted by Gasteiger charge is 2.20. The Morgan fingerprint density at radius 3 is 2.67 bits per heavy atom. The fourth-order valence-electron chi connectivity index (χ4n) is 2.96. The molecule has 108 valence electrons. The van der Waals surface area contributed by atoms with E-state index in [1.807, 2.05) is 0 Å². The SMILES string of the molecule is Br.Cc1sc2c(c1C)c(=N)nc1n2Cc2ccccc2C1. The van der Waals surface area contributed by atoms with Crippen LogP contribution in [0.1, 0.15) is 27.4 Å². The van der Waals surface area contributed by atoms with E-state index in [9.17, 15) is 0 Å². The van der Waals surface area contributed by atoms with Gasteiger partial charge in [0.05, 0.1) is 11.9 Å². The molecule has 1 aliphatic rings. The third-order valence-electron chi connectivity index (χ3n) is 4.20. The second-order valence-electron chi connectivity index (χ2n) is 5.37. The standard InChI is InChI=1S/C16H15N3S.BrH/c1-9-10(2)20-16-14(9)15(17)18-13-7-11-5-3-4-6-12(11)8-19(13)16;/h3-6,17H,7-8H2,1-2H3;1H. The van der Waals surface area contributed by atoms with Gasteiger partial charge in [-0.15, -0.1) is 28.3 Å². The third kappa shape index (κ3) is 2.07. The molecule has 0 saturated heterocycles. The number of nitrogens with zero attached hydrogens (tertiary/aromatic N) is 2. The second-order valence-corrected chi connectivity index (χ2v) is 6.57. The van der Waals surface area contributed by atoms with E-state index in [4.69, 9.17) is 5.41 Å². The van der Waals surface area contributed by atoms with Crippen LogP contribution in [0.25, 0.3) is 10.2 Å². The molecule has 0 saturated carbocycles. The van der Waals surface area contributed by atoms with Gasteiger partial charge in [-0.3, -0.25) is 5.41 Å². The summed E-state index contributed by atoms with van der Waals surface area (Å²) < 4.78 is 2.29. The monoisotopic (exact) mass is 361 g/mol. The summed E-state index contributed by atoms with van der Waals surface area (Å²) in [5.74, 6) is 1.02. The van der Waals surface area contributed by atoms with Crippen LogP contribution >= 0.6 is 28.3 Å². The molecule has 1 N–H and O–H groups in total. The van der Waals surface area contributed by atoms with Crippen molar-refractivity contribution in [1.82, 2.24) is 9.55 Å². The minimum Gasteiger partial charge on any atom is -0.316 e. The van der Waals surface area contributed by atoms with Gasteiger partial charge in [-0.25, -0.2) is 4.98 Å². The van der Waals surface area contributed by atoms with Crippen LogP contribution < -0.4 is 5.49 Å². The van der Waals surface area contributed by atoms with Crippen molar-refractivity contribution in [3.63, 3.8) is 0 Å². The second kappa shape index (κ2) is 5.07. The van der Waals surface area contributed by atoms with Gasteiger partial charge in [0.1, 0.15) is 10.7 Å². The van der Waals surface area contributed by atoms with E-state index in [-0.39, 0.29) is 17.0 Å². The number of hydrogen-bond acceptors (Lipinski definition) is 3. The Balaban J connectivity index is 0.00000132. The van der Waals surface area contributed by atoms with Crippen LogP contribution in [0.5, 0.6) is 0 Å². The number of aromatic nitrogens is 2. The molecule has 3 nitrogen and oxygen atoms in total. The van der Waals surface area contributed by atoms with Gasteiger partial charge in [0.15, 0.2) is 5.49 Å². The summed E-state index contributed by atoms with van der Waals surface area (Å²) >= 11 is 1.79. The number of halogens is 1. The first-order chi connectivity index (χ1) is 9.65. The molecule has 1 aromatic carbocycles. The Kier molecular flexibility index (Phi) is 3.50. The average Bonchev–Trinajstić information content (AvgIpc) is 2.74. The van der Waals surface area contributed by atoms with Gasteiger partial charge >= 0.3 is 0 Å². The highest BCUT2D eigenvalue weighted by atomic mass is 79.9. The van der Waals surface area contributed by atoms with E-state index < -0.39 is 0 Å². The summed E-state index contributed by atoms with van der Waals surface area (Å²) in [6.07, 6.45) is 0.827. The molecule has 0 bridgehead atoms. The first kappa shape index (κ1) is 14.5. The fourth-order valence-corrected chi connectivity index (χ4v) is 4.14. The summed E-state index contributed by atoms with van der Waals surface area (Å²) in [6, 6.07) is 8.53. The zero-order chi connectivity index (χ0) is 13.9. The minimum absolute atomic E-state index is 0. The van der Waals surface area contributed by atoms with Crippen molar-refractivity contribution >= 4 is 38.5 Å². The molecule has 1 aliphatic heterocycles. The highest BCUT2D eigenvalue weighted by Crippen LogP contribution is 2.31. The van der Waals surface area contributed by atoms with Gasteiger partial charge in [-0.1, -0.05) is 24.3 Å². The summed E-state index contributed by atoms with van der Waals surface area (Å²) in [5, 5.41) is 9.25. The summed E-state index contributed by atoms with van der Waals surface area (Å²) in [5.41, 5.74) is 4.34. The lowest BCUT2D eigenvalue weighted by Gasteiger charge is -2.22. The number of hydrogen-bond donors (Lipinski definition) is 1. The molecule has 5 heteroatoms. The largest absolute Gasteiger partial charge is 0.316 e. The van der Waals surface area contributed by atoms with E-state index in [1.54, 1.807) is 11.3 Å². The molecule has 2 aromatic heterocycles. The lowest BCUT2D eigenvalue weighted by atomic mass is 10.0. The van der Waals surface area contributed by atoms with E-state index in [2.05, 4.69) is 47.7 Å². The molecule has 21 heavy (non-hydrogen) atoms. The lowest BCUT2D eigenvalue weighted by molar-refractivity contribution is 0.694. The Hall–Kier alpha value is -1.46. The predicted molar refractivity (Wildman–Crippen MR) is 91.6 cm³/mol. The molecule has 3 aromatic rings.